The number of epoxide rings is 1. The Balaban J connectivity index is 0.000000279. The highest BCUT2D eigenvalue weighted by Crippen LogP contribution is 2.42. The van der Waals surface area contributed by atoms with Gasteiger partial charge in [0.15, 0.2) is 0 Å². The molecule has 5 fully saturated rings. The van der Waals surface area contributed by atoms with Crippen molar-refractivity contribution in [1.82, 2.24) is 0 Å². The summed E-state index contributed by atoms with van der Waals surface area (Å²) in [5, 5.41) is 19.7. The van der Waals surface area contributed by atoms with E-state index < -0.39 is 103 Å². The topological polar surface area (TPSA) is 266 Å². The zero-order chi connectivity index (χ0) is 102. The molecule has 14 rings (SSSR count). The molecule has 44 heteroatoms. The molecule has 7 N–H and O–H groups in total. The van der Waals surface area contributed by atoms with Gasteiger partial charge in [0.1, 0.15) is 18.3 Å². The Morgan fingerprint density at radius 2 is 0.794 bits per heavy atom. The Hall–Kier alpha value is -10.5. The van der Waals surface area contributed by atoms with Crippen molar-refractivity contribution in [2.45, 2.75) is 117 Å². The third-order valence-corrected chi connectivity index (χ3v) is 18.8. The van der Waals surface area contributed by atoms with Gasteiger partial charge in [-0.25, -0.2) is 24.2 Å². The van der Waals surface area contributed by atoms with Gasteiger partial charge < -0.3 is 55.0 Å². The number of rotatable bonds is 11. The van der Waals surface area contributed by atoms with E-state index in [1.165, 1.54) is 53.0 Å². The SMILES string of the molecule is C#CC#CC#C.C1CCOC1.CC(O)CNc1cc(Br)cc(C(F)(F)F)c1.CC1CN(c2cc(Br)cc(C(F)(F)F)c2)C(=O)O1.CC1CN(c2cc(N)cc(C(F)(F)F)c2)C(=O)O1.CC1CN(c2cc(N=C(c3ccccc3)c3ccccc3)cc(C(F)(F)F)c2)C(=O)O1.CC1CO1.N=C(c1ccccc1)c1ccccc1.Nc1cc(Br)cc(C(F)(F)F)c1.O=C(OC(Cl)(Cl)Cl)OC(Cl)(Cl)Cl. The summed E-state index contributed by atoms with van der Waals surface area (Å²) in [7, 11) is 0. The lowest BCUT2D eigenvalue weighted by molar-refractivity contribution is -0.138. The number of nitrogens with two attached hydrogens (primary N) is 2. The van der Waals surface area contributed by atoms with Gasteiger partial charge in [-0.05, 0) is 243 Å². The van der Waals surface area contributed by atoms with Crippen LogP contribution in [0.4, 0.5) is 125 Å². The van der Waals surface area contributed by atoms with Crippen LogP contribution in [0, 0.1) is 41.9 Å². The first-order valence-corrected chi connectivity index (χ1v) is 44.0. The van der Waals surface area contributed by atoms with Crippen LogP contribution in [0.25, 0.3) is 0 Å². The normalized spacial score (nSPS) is 15.9. The molecule has 5 heterocycles. The Morgan fingerprint density at radius 1 is 0.485 bits per heavy atom. The molecular formula is C92H82Br3Cl6F15N8O12. The van der Waals surface area contributed by atoms with Crippen LogP contribution in [0.3, 0.4) is 0 Å². The maximum Gasteiger partial charge on any atom is 0.515 e. The molecule has 730 valence electrons. The molecule has 136 heavy (non-hydrogen) atoms. The van der Waals surface area contributed by atoms with E-state index in [0.717, 1.165) is 108 Å². The van der Waals surface area contributed by atoms with Gasteiger partial charge in [-0.1, -0.05) is 169 Å². The molecule has 0 radical (unpaired) electrons. The van der Waals surface area contributed by atoms with Crippen molar-refractivity contribution in [2.75, 3.05) is 77.5 Å². The van der Waals surface area contributed by atoms with Crippen molar-refractivity contribution < 1.29 is 123 Å². The van der Waals surface area contributed by atoms with Gasteiger partial charge in [0, 0.05) is 78.4 Å². The molecular weight excluding hydrogens is 2150 g/mol. The van der Waals surface area contributed by atoms with Crippen molar-refractivity contribution >= 4 is 193 Å². The Kier molecular flexibility index (Phi) is 46.1. The minimum atomic E-state index is -4.59. The number of alkyl halides is 21. The molecule has 0 saturated carbocycles. The van der Waals surface area contributed by atoms with Crippen LogP contribution in [0.1, 0.15) is 97.5 Å². The second-order valence-corrected chi connectivity index (χ2v) is 35.6. The lowest BCUT2D eigenvalue weighted by Gasteiger charge is -2.17. The minimum Gasteiger partial charge on any atom is -0.444 e. The van der Waals surface area contributed by atoms with Gasteiger partial charge in [-0.3, -0.25) is 20.1 Å². The number of anilines is 6. The number of amides is 3. The number of carbonyl (C=O) groups is 4. The van der Waals surface area contributed by atoms with Crippen LogP contribution in [0.15, 0.2) is 231 Å². The van der Waals surface area contributed by atoms with Gasteiger partial charge >= 0.3 is 63.3 Å². The van der Waals surface area contributed by atoms with E-state index in [2.05, 4.69) is 98.2 Å². The number of carbonyl (C=O) groups excluding carboxylic acids is 4. The van der Waals surface area contributed by atoms with Crippen molar-refractivity contribution in [2.24, 2.45) is 4.99 Å². The number of benzene rings is 9. The van der Waals surface area contributed by atoms with Gasteiger partial charge in [-0.2, -0.15) is 65.9 Å². The largest absolute Gasteiger partial charge is 0.515 e. The fourth-order valence-corrected chi connectivity index (χ4v) is 12.9. The number of nitrogen functional groups attached to an aromatic ring is 2. The Morgan fingerprint density at radius 3 is 1.10 bits per heavy atom. The maximum atomic E-state index is 13.6. The van der Waals surface area contributed by atoms with Crippen LogP contribution in [-0.2, 0) is 64.0 Å². The predicted octanol–water partition coefficient (Wildman–Crippen LogP) is 27.3. The summed E-state index contributed by atoms with van der Waals surface area (Å²) in [4.78, 5) is 53.6. The van der Waals surface area contributed by atoms with Gasteiger partial charge in [0.25, 0.3) is 0 Å². The molecule has 5 unspecified atom stereocenters. The van der Waals surface area contributed by atoms with E-state index in [4.69, 9.17) is 128 Å². The number of hydrogen-bond donors (Lipinski definition) is 5. The minimum absolute atomic E-state index is 0.0489. The Labute approximate surface area is 827 Å². The molecule has 0 bridgehead atoms. The van der Waals surface area contributed by atoms with E-state index in [1.807, 2.05) is 121 Å². The molecule has 5 atom stereocenters. The van der Waals surface area contributed by atoms with Crippen molar-refractivity contribution in [3.8, 4) is 36.5 Å². The molecule has 0 aromatic heterocycles. The number of ether oxygens (including phenoxy) is 7. The lowest BCUT2D eigenvalue weighted by atomic mass is 10.0. The number of halogens is 24. The zero-order valence-electron chi connectivity index (χ0n) is 71.6. The summed E-state index contributed by atoms with van der Waals surface area (Å²) in [5.41, 5.74) is 12.0. The van der Waals surface area contributed by atoms with Crippen molar-refractivity contribution in [1.29, 1.82) is 5.41 Å². The van der Waals surface area contributed by atoms with Crippen LogP contribution < -0.4 is 31.5 Å². The zero-order valence-corrected chi connectivity index (χ0v) is 80.9. The molecule has 9 aromatic carbocycles. The number of aliphatic imine (C=N–C) groups is 1. The van der Waals surface area contributed by atoms with E-state index in [-0.39, 0.29) is 77.0 Å². The molecule has 20 nitrogen and oxygen atoms in total. The van der Waals surface area contributed by atoms with Crippen LogP contribution >= 0.6 is 117 Å². The molecule has 5 aliphatic heterocycles. The van der Waals surface area contributed by atoms with E-state index in [1.54, 1.807) is 27.7 Å². The fraction of sp³-hybridized carbons (Fsp3) is 0.283. The first-order chi connectivity index (χ1) is 63.3. The highest BCUT2D eigenvalue weighted by molar-refractivity contribution is 9.11. The smallest absolute Gasteiger partial charge is 0.444 e. The number of cyclic esters (lactones) is 3. The second kappa shape index (κ2) is 54.0. The quantitative estimate of drug-likeness (QED) is 0.0118. The molecule has 3 amide bonds. The molecule has 0 aliphatic carbocycles. The fourth-order valence-electron chi connectivity index (χ4n) is 11.1. The summed E-state index contributed by atoms with van der Waals surface area (Å²) >= 11 is 39.2. The van der Waals surface area contributed by atoms with Crippen LogP contribution in [0.5, 0.6) is 0 Å². The number of hydrogen-bond acceptors (Lipinski definition) is 17. The number of nitrogens with zero attached hydrogens (tertiary/aromatic N) is 4. The summed E-state index contributed by atoms with van der Waals surface area (Å²) in [6, 6.07) is 54.6. The summed E-state index contributed by atoms with van der Waals surface area (Å²) < 4.78 is 219. The maximum absolute atomic E-state index is 13.6. The average Bonchev–Trinajstić information content (AvgIpc) is 1.48. The highest BCUT2D eigenvalue weighted by atomic mass is 79.9. The van der Waals surface area contributed by atoms with Gasteiger partial charge in [0.2, 0.25) is 0 Å². The summed E-state index contributed by atoms with van der Waals surface area (Å²) in [5.74, 6) is 8.61. The van der Waals surface area contributed by atoms with Crippen LogP contribution in [0.2, 0.25) is 0 Å². The third kappa shape index (κ3) is 43.9. The highest BCUT2D eigenvalue weighted by Gasteiger charge is 2.40. The van der Waals surface area contributed by atoms with Crippen LogP contribution in [-0.4, -0.2) is 125 Å². The van der Waals surface area contributed by atoms with E-state index >= 15 is 0 Å². The third-order valence-electron chi connectivity index (χ3n) is 17.0. The van der Waals surface area contributed by atoms with Gasteiger partial charge in [0.05, 0.1) is 83.4 Å². The monoisotopic (exact) mass is 2220 g/mol. The van der Waals surface area contributed by atoms with Gasteiger partial charge in [-0.15, -0.1) is 12.8 Å². The lowest BCUT2D eigenvalue weighted by Crippen LogP contribution is -2.24. The van der Waals surface area contributed by atoms with Crippen molar-refractivity contribution in [3.63, 3.8) is 0 Å². The standard InChI is InChI=1S/C24H19F3N2O2.C13H11N.C11H9BrF3NO2.C11H11F3N2O2.C10H11BrF3NO.C7H5BrF3N.C6H2.C4H8O.C3Cl6O3.C3H6O/c1-16-15-29(23(30)31-16)21-13-19(24(25,26)27)12-20(14-21)28-22(17-8-4-2-5-9-17)18-10-6-3-7-11-18;14-13(11-7-3-1-4-8-11)12-9-5-2-6-10-12;1-6-5-16(10(17)18-6)9-3-7(11(13,14)15)2-8(12)4-9;1-6-5-16(10(17)18-6)9-3-7(11(12,13)14)2-8(15)4-9;1-6(16)5-15-9-3-7(10(12,13)14)2-8(11)4-9;8-5-1-4(7(9,10)11)2-6(12)3-5;1-3-5-6-4-2;1-2-4-5-3-1;4-2(5,6)11-1(10)12-3(7,8)9;1-3-2-4-3/h2-14,16H,15H2,1H3;1-10,14H;2-4,6H,5H2,1H3;2-4,6H,5,15H2,1H3;2-4,6,15-16H,5H2,1H3;1-3H,12H2;1-2H;1-4H2;;3H,2H2,1H3. The second-order valence-electron chi connectivity index (χ2n) is 28.5. The number of terminal acetylenes is 2. The van der Waals surface area contributed by atoms with E-state index in [9.17, 15) is 85.0 Å². The number of aliphatic hydroxyl groups is 1. The average molecular weight is 2230 g/mol. The molecule has 5 saturated heterocycles. The van der Waals surface area contributed by atoms with E-state index in [0.29, 0.717) is 32.2 Å². The first kappa shape index (κ1) is 116. The van der Waals surface area contributed by atoms with Crippen molar-refractivity contribution in [3.05, 3.63) is 276 Å². The summed E-state index contributed by atoms with van der Waals surface area (Å²) in [6.07, 6.45) is -14.8. The first-order valence-electron chi connectivity index (χ1n) is 39.3. The molecule has 0 spiro atoms. The molecule has 9 aromatic rings. The predicted molar refractivity (Wildman–Crippen MR) is 505 cm³/mol. The number of aliphatic hydroxyl groups excluding tert-OH is 1. The summed E-state index contributed by atoms with van der Waals surface area (Å²) in [6.45, 7) is 12.5. The number of nitrogens with one attached hydrogen (secondary N) is 2. The Bertz CT molecular complexity index is 5370. The molecule has 5 aliphatic rings.